The highest BCUT2D eigenvalue weighted by Crippen LogP contribution is 2.48. The quantitative estimate of drug-likeness (QED) is 0.0698. The Labute approximate surface area is 393 Å². The number of fused-ring (bicyclic) bond motifs is 1. The smallest absolute Gasteiger partial charge is 0.340 e. The van der Waals surface area contributed by atoms with Gasteiger partial charge in [-0.2, -0.15) is 0 Å². The fourth-order valence-corrected chi connectivity index (χ4v) is 8.70. The Morgan fingerprint density at radius 1 is 0.463 bits per heavy atom. The fraction of sp³-hybridized carbons (Fsp3) is 0.259. The van der Waals surface area contributed by atoms with E-state index >= 15 is 0 Å². The number of carbonyl (C=O) groups is 1. The van der Waals surface area contributed by atoms with Crippen molar-refractivity contribution in [1.29, 1.82) is 0 Å². The van der Waals surface area contributed by atoms with E-state index in [0.29, 0.717) is 34.6 Å². The average Bonchev–Trinajstić information content (AvgIpc) is 3.61. The van der Waals surface area contributed by atoms with Gasteiger partial charge in [-0.15, -0.1) is 0 Å². The minimum Gasteiger partial charge on any atom is -0.508 e. The molecule has 67 heavy (non-hydrogen) atoms. The Morgan fingerprint density at radius 2 is 0.806 bits per heavy atom. The second kappa shape index (κ2) is 19.7. The number of cyclic esters (lactones) is 1. The fourth-order valence-electron chi connectivity index (χ4n) is 8.70. The van der Waals surface area contributed by atoms with Crippen molar-refractivity contribution < 1.29 is 45.3 Å². The number of carbonyl (C=O) groups excluding carboxylic acids is 1. The zero-order valence-corrected chi connectivity index (χ0v) is 39.8. The maximum atomic E-state index is 12.6. The first-order valence-corrected chi connectivity index (χ1v) is 22.4. The highest BCUT2D eigenvalue weighted by Gasteiger charge is 2.48. The first-order chi connectivity index (χ1) is 31.6. The van der Waals surface area contributed by atoms with E-state index in [2.05, 4.69) is 20.8 Å². The number of aliphatic hydroxyl groups is 1. The molecule has 0 saturated carbocycles. The van der Waals surface area contributed by atoms with Crippen molar-refractivity contribution >= 4 is 5.97 Å². The Morgan fingerprint density at radius 3 is 1.18 bits per heavy atom. The third kappa shape index (κ3) is 9.98. The lowest BCUT2D eigenvalue weighted by Crippen LogP contribution is -2.29. The van der Waals surface area contributed by atoms with Crippen molar-refractivity contribution in [1.82, 2.24) is 0 Å². The van der Waals surface area contributed by atoms with E-state index in [1.165, 1.54) is 0 Å². The van der Waals surface area contributed by atoms with Gasteiger partial charge in [-0.1, -0.05) is 99.6 Å². The number of hydrogen-bond donors (Lipinski definition) is 7. The van der Waals surface area contributed by atoms with Gasteiger partial charge in [0.15, 0.2) is 5.60 Å². The molecule has 0 fully saturated rings. The molecule has 0 aromatic heterocycles. The number of esters is 1. The van der Waals surface area contributed by atoms with Crippen LogP contribution in [0.15, 0.2) is 133 Å². The van der Waals surface area contributed by atoms with Gasteiger partial charge in [0.1, 0.15) is 34.5 Å². The van der Waals surface area contributed by atoms with Gasteiger partial charge in [0.05, 0.1) is 5.56 Å². The van der Waals surface area contributed by atoms with Crippen molar-refractivity contribution in [3.63, 3.8) is 0 Å². The van der Waals surface area contributed by atoms with E-state index in [-0.39, 0.29) is 40.4 Å². The van der Waals surface area contributed by atoms with Crippen molar-refractivity contribution in [2.75, 3.05) is 6.61 Å². The summed E-state index contributed by atoms with van der Waals surface area (Å²) in [4.78, 5) is 12.6. The molecule has 1 heterocycles. The lowest BCUT2D eigenvalue weighted by atomic mass is 9.72. The summed E-state index contributed by atoms with van der Waals surface area (Å²) in [6, 6.07) is 40.4. The summed E-state index contributed by atoms with van der Waals surface area (Å²) >= 11 is 0. The van der Waals surface area contributed by atoms with Gasteiger partial charge in [-0.05, 0) is 165 Å². The normalized spacial score (nSPS) is 12.8. The third-order valence-electron chi connectivity index (χ3n) is 13.3. The molecule has 0 bridgehead atoms. The number of phenolic OH excluding ortho intramolecular Hbond substituents is 6. The van der Waals surface area contributed by atoms with Crippen LogP contribution < -0.4 is 0 Å². The van der Waals surface area contributed by atoms with Crippen molar-refractivity contribution in [2.45, 2.75) is 91.6 Å². The highest BCUT2D eigenvalue weighted by atomic mass is 16.6. The molecule has 0 unspecified atom stereocenters. The van der Waals surface area contributed by atoms with E-state index in [0.717, 1.165) is 67.6 Å². The molecule has 9 heteroatoms. The van der Waals surface area contributed by atoms with Crippen LogP contribution in [0.5, 0.6) is 34.5 Å². The second-order valence-electron chi connectivity index (χ2n) is 18.4. The lowest BCUT2D eigenvalue weighted by Gasteiger charge is -2.32. The molecule has 7 aromatic rings. The number of aromatic hydroxyl groups is 6. The second-order valence-corrected chi connectivity index (χ2v) is 18.4. The van der Waals surface area contributed by atoms with Crippen molar-refractivity contribution in [2.24, 2.45) is 0 Å². The minimum atomic E-state index is -1.12. The van der Waals surface area contributed by atoms with Crippen LogP contribution in [-0.4, -0.2) is 48.3 Å². The van der Waals surface area contributed by atoms with Crippen molar-refractivity contribution in [3.8, 4) is 34.5 Å². The van der Waals surface area contributed by atoms with Crippen LogP contribution in [0.25, 0.3) is 0 Å². The Balaban J connectivity index is 0.000000168. The molecule has 0 amide bonds. The summed E-state index contributed by atoms with van der Waals surface area (Å²) < 4.78 is 5.98. The Hall–Kier alpha value is -7.23. The summed E-state index contributed by atoms with van der Waals surface area (Å²) in [6.45, 7) is 17.7. The molecule has 348 valence electrons. The predicted molar refractivity (Wildman–Crippen MR) is 264 cm³/mol. The van der Waals surface area contributed by atoms with Crippen molar-refractivity contribution in [3.05, 3.63) is 211 Å². The first kappa shape index (κ1) is 49.2. The lowest BCUT2D eigenvalue weighted by molar-refractivity contribution is 0.0251. The molecule has 9 nitrogen and oxygen atoms in total. The summed E-state index contributed by atoms with van der Waals surface area (Å²) in [5.74, 6) is 1.19. The van der Waals surface area contributed by atoms with E-state index < -0.39 is 11.6 Å². The van der Waals surface area contributed by atoms with Gasteiger partial charge in [0.2, 0.25) is 0 Å². The van der Waals surface area contributed by atoms with Crippen LogP contribution >= 0.6 is 0 Å². The number of aliphatic hydroxyl groups excluding tert-OH is 1. The van der Waals surface area contributed by atoms with Gasteiger partial charge < -0.3 is 40.5 Å². The number of rotatable bonds is 9. The molecule has 0 atom stereocenters. The Bertz CT molecular complexity index is 2770. The molecular formula is C58H62O9. The summed E-state index contributed by atoms with van der Waals surface area (Å²) in [6.07, 6.45) is 1.48. The van der Waals surface area contributed by atoms with E-state index in [1.54, 1.807) is 74.5 Å². The van der Waals surface area contributed by atoms with Crippen LogP contribution in [0.2, 0.25) is 0 Å². The molecule has 1 aliphatic heterocycles. The third-order valence-corrected chi connectivity index (χ3v) is 13.3. The van der Waals surface area contributed by atoms with Crippen LogP contribution in [0.4, 0.5) is 0 Å². The monoisotopic (exact) mass is 902 g/mol. The molecule has 7 aromatic carbocycles. The number of phenols is 6. The van der Waals surface area contributed by atoms with Gasteiger partial charge in [0.25, 0.3) is 0 Å². The summed E-state index contributed by atoms with van der Waals surface area (Å²) in [5, 5.41) is 67.9. The maximum Gasteiger partial charge on any atom is 0.340 e. The molecule has 1 aliphatic rings. The van der Waals surface area contributed by atoms with Crippen LogP contribution in [0, 0.1) is 41.5 Å². The van der Waals surface area contributed by atoms with E-state index in [9.17, 15) is 40.5 Å². The van der Waals surface area contributed by atoms with Gasteiger partial charge in [0, 0.05) is 34.1 Å². The molecule has 8 rings (SSSR count). The largest absolute Gasteiger partial charge is 0.508 e. The molecule has 0 saturated heterocycles. The predicted octanol–water partition coefficient (Wildman–Crippen LogP) is 12.0. The highest BCUT2D eigenvalue weighted by molar-refractivity contribution is 5.96. The van der Waals surface area contributed by atoms with Gasteiger partial charge in [-0.3, -0.25) is 0 Å². The maximum absolute atomic E-state index is 12.6. The van der Waals surface area contributed by atoms with E-state index in [1.807, 2.05) is 100 Å². The standard InChI is InChI=1S/C22H18O4.C19H24O3.C17H20O2/c1-13-11-15(7-9-19(13)23)22(16-8-10-20(24)14(2)12-16)18-6-4-3-5-17(18)21(25)26-22;1-13-11-15(5-7-17(13)21)19(3,9-4-10-20)16-6-8-18(22)14(2)12-16;1-11-9-13(5-7-15(11)18)17(3,4)14-6-8-16(19)12(2)10-14/h3-12,23-24H,1-2H3;5-8,11-12,20-22H,4,9-10H2,1-3H3;5-10,18-19H,1-4H3. The first-order valence-electron chi connectivity index (χ1n) is 22.4. The number of hydrogen-bond acceptors (Lipinski definition) is 9. The van der Waals surface area contributed by atoms with Crippen LogP contribution in [0.1, 0.15) is 116 Å². The molecule has 0 aliphatic carbocycles. The summed E-state index contributed by atoms with van der Waals surface area (Å²) in [7, 11) is 0. The molecule has 0 radical (unpaired) electrons. The SMILES string of the molecule is Cc1cc(C(C)(C)c2ccc(O)c(C)c2)ccc1O.Cc1cc(C(C)(CCCO)c2ccc(O)c(C)c2)ccc1O.Cc1cc(C2(c3ccc(O)c(C)c3)OC(=O)c3ccccc32)ccc1O. The summed E-state index contributed by atoms with van der Waals surface area (Å²) in [5.41, 5.74) is 10.5. The zero-order chi connectivity index (χ0) is 49.0. The van der Waals surface area contributed by atoms with Gasteiger partial charge >= 0.3 is 5.97 Å². The average molecular weight is 903 g/mol. The zero-order valence-electron chi connectivity index (χ0n) is 39.8. The number of ether oxygens (including phenoxy) is 1. The molecular weight excluding hydrogens is 841 g/mol. The molecule has 0 spiro atoms. The van der Waals surface area contributed by atoms with E-state index in [4.69, 9.17) is 4.74 Å². The number of benzene rings is 7. The number of aryl methyl sites for hydroxylation is 6. The van der Waals surface area contributed by atoms with Crippen LogP contribution in [0.3, 0.4) is 0 Å². The minimum absolute atomic E-state index is 0.143. The van der Waals surface area contributed by atoms with Crippen LogP contribution in [-0.2, 0) is 21.2 Å². The topological polar surface area (TPSA) is 168 Å². The Kier molecular flexibility index (Phi) is 14.5. The van der Waals surface area contributed by atoms with Gasteiger partial charge in [-0.25, -0.2) is 4.79 Å². The molecule has 7 N–H and O–H groups in total.